The number of nitrogens with zero attached hydrogens (tertiary/aromatic N) is 4. The van der Waals surface area contributed by atoms with Crippen LogP contribution in [-0.2, 0) is 13.2 Å². The van der Waals surface area contributed by atoms with Gasteiger partial charge in [0, 0.05) is 29.6 Å². The van der Waals surface area contributed by atoms with Crippen molar-refractivity contribution in [1.82, 2.24) is 9.55 Å². The highest BCUT2D eigenvalue weighted by Crippen LogP contribution is 2.35. The second kappa shape index (κ2) is 8.46. The van der Waals surface area contributed by atoms with Gasteiger partial charge in [0.15, 0.2) is 0 Å². The van der Waals surface area contributed by atoms with Gasteiger partial charge in [-0.1, -0.05) is 23.7 Å². The molecule has 0 saturated carbocycles. The van der Waals surface area contributed by atoms with Crippen LogP contribution in [0.3, 0.4) is 0 Å². The van der Waals surface area contributed by atoms with E-state index in [1.54, 1.807) is 43.5 Å². The van der Waals surface area contributed by atoms with Gasteiger partial charge >= 0.3 is 0 Å². The van der Waals surface area contributed by atoms with Crippen LogP contribution in [0.2, 0.25) is 5.15 Å². The van der Waals surface area contributed by atoms with Crippen LogP contribution in [0.5, 0.6) is 0 Å². The van der Waals surface area contributed by atoms with E-state index in [1.165, 1.54) is 0 Å². The molecule has 7 heteroatoms. The Morgan fingerprint density at radius 3 is 2.45 bits per heavy atom. The molecule has 146 valence electrons. The van der Waals surface area contributed by atoms with Gasteiger partial charge in [-0.05, 0) is 43.2 Å². The van der Waals surface area contributed by atoms with Crippen molar-refractivity contribution in [3.05, 3.63) is 75.3 Å². The zero-order valence-corrected chi connectivity index (χ0v) is 16.8. The Kier molecular flexibility index (Phi) is 6.00. The molecule has 0 radical (unpaired) electrons. The van der Waals surface area contributed by atoms with Crippen LogP contribution in [-0.4, -0.2) is 19.8 Å². The van der Waals surface area contributed by atoms with E-state index in [2.05, 4.69) is 17.1 Å². The molecule has 2 aromatic heterocycles. The number of nitriles is 2. The lowest BCUT2D eigenvalue weighted by atomic mass is 9.99. The van der Waals surface area contributed by atoms with Gasteiger partial charge in [-0.2, -0.15) is 10.5 Å². The summed E-state index contributed by atoms with van der Waals surface area (Å²) >= 11 is 5.98. The van der Waals surface area contributed by atoms with Gasteiger partial charge in [-0.15, -0.1) is 0 Å². The zero-order valence-electron chi connectivity index (χ0n) is 16.0. The fourth-order valence-electron chi connectivity index (χ4n) is 3.50. The molecule has 0 aliphatic heterocycles. The summed E-state index contributed by atoms with van der Waals surface area (Å²) in [6.45, 7) is 3.63. The molecule has 6 nitrogen and oxygen atoms in total. The van der Waals surface area contributed by atoms with Crippen molar-refractivity contribution in [3.8, 4) is 23.3 Å². The van der Waals surface area contributed by atoms with Crippen LogP contribution in [0.1, 0.15) is 46.7 Å². The molecular formula is C22H19ClN4O2. The summed E-state index contributed by atoms with van der Waals surface area (Å²) in [5.41, 5.74) is 5.05. The van der Waals surface area contributed by atoms with Gasteiger partial charge in [0.1, 0.15) is 11.2 Å². The van der Waals surface area contributed by atoms with E-state index < -0.39 is 6.10 Å². The van der Waals surface area contributed by atoms with E-state index >= 15 is 0 Å². The third kappa shape index (κ3) is 3.87. The minimum Gasteiger partial charge on any atom is -0.392 e. The molecular weight excluding hydrogens is 388 g/mol. The van der Waals surface area contributed by atoms with Crippen LogP contribution in [0, 0.1) is 29.6 Å². The van der Waals surface area contributed by atoms with E-state index in [9.17, 15) is 15.5 Å². The van der Waals surface area contributed by atoms with Crippen molar-refractivity contribution in [3.63, 3.8) is 0 Å². The fourth-order valence-corrected chi connectivity index (χ4v) is 3.66. The molecule has 2 N–H and O–H groups in total. The third-order valence-corrected chi connectivity index (χ3v) is 5.19. The number of rotatable bonds is 5. The largest absolute Gasteiger partial charge is 0.392 e. The Hall–Kier alpha value is -3.16. The normalized spacial score (nSPS) is 11.7. The van der Waals surface area contributed by atoms with E-state index in [0.717, 1.165) is 22.4 Å². The summed E-state index contributed by atoms with van der Waals surface area (Å²) in [6, 6.07) is 13.1. The van der Waals surface area contributed by atoms with Gasteiger partial charge in [0.25, 0.3) is 0 Å². The van der Waals surface area contributed by atoms with Gasteiger partial charge in [0.05, 0.1) is 35.6 Å². The van der Waals surface area contributed by atoms with E-state index in [0.29, 0.717) is 28.9 Å². The van der Waals surface area contributed by atoms with Crippen LogP contribution in [0.15, 0.2) is 36.5 Å². The summed E-state index contributed by atoms with van der Waals surface area (Å²) in [7, 11) is 0. The highest BCUT2D eigenvalue weighted by atomic mass is 35.5. The van der Waals surface area contributed by atoms with Gasteiger partial charge in [0.2, 0.25) is 0 Å². The molecule has 1 atom stereocenters. The number of hydrogen-bond donors (Lipinski definition) is 2. The van der Waals surface area contributed by atoms with Gasteiger partial charge in [-0.25, -0.2) is 4.98 Å². The SMILES string of the molecule is Cc1c(-c2ccc(C#N)cc2)c(C#N)c(C(C)O)n1Cc1cnc(Cl)c(CO)c1. The highest BCUT2D eigenvalue weighted by molar-refractivity contribution is 6.30. The lowest BCUT2D eigenvalue weighted by Crippen LogP contribution is -2.10. The Labute approximate surface area is 173 Å². The molecule has 1 unspecified atom stereocenters. The first-order valence-electron chi connectivity index (χ1n) is 8.97. The Balaban J connectivity index is 2.18. The predicted molar refractivity (Wildman–Crippen MR) is 109 cm³/mol. The van der Waals surface area contributed by atoms with Crippen LogP contribution < -0.4 is 0 Å². The number of pyridine rings is 1. The van der Waals surface area contributed by atoms with Crippen molar-refractivity contribution in [1.29, 1.82) is 10.5 Å². The van der Waals surface area contributed by atoms with Gasteiger partial charge < -0.3 is 14.8 Å². The molecule has 0 aliphatic carbocycles. The molecule has 0 saturated heterocycles. The standard InChI is InChI=1S/C22H19ClN4O2/c1-13-20(17-5-3-15(8-24)4-6-17)19(9-25)21(14(2)29)27(13)11-16-7-18(12-28)22(23)26-10-16/h3-7,10,14,28-29H,11-12H2,1-2H3. The van der Waals surface area contributed by atoms with Crippen LogP contribution in [0.25, 0.3) is 11.1 Å². The van der Waals surface area contributed by atoms with E-state index in [-0.39, 0.29) is 11.8 Å². The van der Waals surface area contributed by atoms with Crippen molar-refractivity contribution < 1.29 is 10.2 Å². The topological polar surface area (TPSA) is 106 Å². The lowest BCUT2D eigenvalue weighted by molar-refractivity contribution is 0.189. The number of hydrogen-bond acceptors (Lipinski definition) is 5. The molecule has 3 aromatic rings. The number of halogens is 1. The highest BCUT2D eigenvalue weighted by Gasteiger charge is 2.24. The fraction of sp³-hybridized carbons (Fsp3) is 0.227. The number of aromatic nitrogens is 2. The first-order valence-corrected chi connectivity index (χ1v) is 9.34. The summed E-state index contributed by atoms with van der Waals surface area (Å²) in [5, 5.41) is 39.0. The second-order valence-corrected chi connectivity index (χ2v) is 7.09. The first kappa shape index (κ1) is 20.6. The summed E-state index contributed by atoms with van der Waals surface area (Å²) in [4.78, 5) is 4.11. The molecule has 0 amide bonds. The Bertz CT molecular complexity index is 1140. The minimum atomic E-state index is -0.868. The summed E-state index contributed by atoms with van der Waals surface area (Å²) in [6.07, 6.45) is 0.744. The maximum absolute atomic E-state index is 10.4. The van der Waals surface area contributed by atoms with Gasteiger partial charge in [-0.3, -0.25) is 0 Å². The van der Waals surface area contributed by atoms with Crippen molar-refractivity contribution in [2.24, 2.45) is 0 Å². The minimum absolute atomic E-state index is 0.229. The quantitative estimate of drug-likeness (QED) is 0.626. The summed E-state index contributed by atoms with van der Waals surface area (Å²) in [5.74, 6) is 0. The summed E-state index contributed by atoms with van der Waals surface area (Å²) < 4.78 is 1.88. The molecule has 0 spiro atoms. The van der Waals surface area contributed by atoms with Crippen molar-refractivity contribution >= 4 is 11.6 Å². The average molecular weight is 407 g/mol. The number of benzene rings is 1. The van der Waals surface area contributed by atoms with E-state index in [4.69, 9.17) is 16.9 Å². The Morgan fingerprint density at radius 1 is 1.21 bits per heavy atom. The molecule has 0 aliphatic rings. The zero-order chi connectivity index (χ0) is 21.1. The molecule has 3 rings (SSSR count). The Morgan fingerprint density at radius 2 is 1.90 bits per heavy atom. The molecule has 0 fully saturated rings. The third-order valence-electron chi connectivity index (χ3n) is 4.85. The van der Waals surface area contributed by atoms with Crippen molar-refractivity contribution in [2.75, 3.05) is 0 Å². The second-order valence-electron chi connectivity index (χ2n) is 6.74. The number of aliphatic hydroxyl groups is 2. The van der Waals surface area contributed by atoms with Crippen LogP contribution in [0.4, 0.5) is 0 Å². The monoisotopic (exact) mass is 406 g/mol. The molecule has 1 aromatic carbocycles. The molecule has 0 bridgehead atoms. The average Bonchev–Trinajstić information content (AvgIpc) is 3.01. The molecule has 29 heavy (non-hydrogen) atoms. The predicted octanol–water partition coefficient (Wildman–Crippen LogP) is 3.85. The number of aliphatic hydroxyl groups excluding tert-OH is 2. The van der Waals surface area contributed by atoms with Crippen LogP contribution >= 0.6 is 11.6 Å². The van der Waals surface area contributed by atoms with Crippen molar-refractivity contribution in [2.45, 2.75) is 33.1 Å². The molecule has 2 heterocycles. The lowest BCUT2D eigenvalue weighted by Gasteiger charge is -2.14. The maximum atomic E-state index is 10.4. The first-order chi connectivity index (χ1) is 13.9. The maximum Gasteiger partial charge on any atom is 0.134 e. The smallest absolute Gasteiger partial charge is 0.134 e. The van der Waals surface area contributed by atoms with E-state index in [1.807, 2.05) is 11.5 Å².